The molecule has 2 rings (SSSR count). The number of rotatable bonds is 6. The molecule has 6 heteroatoms. The molecule has 2 aromatic heterocycles. The van der Waals surface area contributed by atoms with Crippen molar-refractivity contribution in [3.05, 3.63) is 41.6 Å². The highest BCUT2D eigenvalue weighted by Gasteiger charge is 2.11. The topological polar surface area (TPSA) is 63.8 Å². The van der Waals surface area contributed by atoms with Gasteiger partial charge in [0.1, 0.15) is 5.82 Å². The zero-order valence-electron chi connectivity index (χ0n) is 11.1. The fraction of sp³-hybridized carbons (Fsp3) is 0.462. The molecule has 1 N–H and O–H groups in total. The van der Waals surface area contributed by atoms with Crippen LogP contribution in [-0.4, -0.2) is 21.7 Å². The van der Waals surface area contributed by atoms with Gasteiger partial charge in [-0.2, -0.15) is 4.98 Å². The van der Waals surface area contributed by atoms with E-state index in [0.29, 0.717) is 24.7 Å². The summed E-state index contributed by atoms with van der Waals surface area (Å²) in [6.07, 6.45) is 2.78. The summed E-state index contributed by atoms with van der Waals surface area (Å²) in [6.45, 7) is 4.55. The second-order valence-corrected chi connectivity index (χ2v) is 4.30. The normalized spacial score (nSPS) is 12.6. The summed E-state index contributed by atoms with van der Waals surface area (Å²) in [6, 6.07) is 3.23. The number of nitrogens with zero attached hydrogens (tertiary/aromatic N) is 3. The molecule has 0 aromatic carbocycles. The molecule has 0 amide bonds. The molecule has 0 saturated carbocycles. The summed E-state index contributed by atoms with van der Waals surface area (Å²) in [5.41, 5.74) is 0.839. The average molecular weight is 264 g/mol. The first-order chi connectivity index (χ1) is 9.19. The van der Waals surface area contributed by atoms with Gasteiger partial charge in [-0.05, 0) is 25.5 Å². The zero-order chi connectivity index (χ0) is 13.7. The molecule has 1 atom stereocenters. The molecule has 19 heavy (non-hydrogen) atoms. The maximum absolute atomic E-state index is 12.8. The molecule has 0 saturated heterocycles. The van der Waals surface area contributed by atoms with E-state index in [2.05, 4.69) is 27.4 Å². The van der Waals surface area contributed by atoms with E-state index in [-0.39, 0.29) is 11.9 Å². The first-order valence-electron chi connectivity index (χ1n) is 6.33. The number of aryl methyl sites for hydroxylation is 1. The van der Waals surface area contributed by atoms with Crippen LogP contribution in [0.15, 0.2) is 22.9 Å². The van der Waals surface area contributed by atoms with Crippen LogP contribution in [0.2, 0.25) is 0 Å². The van der Waals surface area contributed by atoms with E-state index in [1.54, 1.807) is 13.0 Å². The Labute approximate surface area is 111 Å². The van der Waals surface area contributed by atoms with E-state index < -0.39 is 0 Å². The van der Waals surface area contributed by atoms with Gasteiger partial charge in [0.2, 0.25) is 5.89 Å². The van der Waals surface area contributed by atoms with Crippen molar-refractivity contribution in [3.63, 3.8) is 0 Å². The van der Waals surface area contributed by atoms with Crippen LogP contribution in [0.25, 0.3) is 0 Å². The SMILES string of the molecule is CCC(NCCc1nc(C)no1)c1ccc(F)cn1. The van der Waals surface area contributed by atoms with E-state index in [4.69, 9.17) is 4.52 Å². The molecule has 0 radical (unpaired) electrons. The summed E-state index contributed by atoms with van der Waals surface area (Å²) < 4.78 is 17.9. The lowest BCUT2D eigenvalue weighted by molar-refractivity contribution is 0.368. The molecule has 0 aliphatic rings. The van der Waals surface area contributed by atoms with Crippen LogP contribution < -0.4 is 5.32 Å². The quantitative estimate of drug-likeness (QED) is 0.866. The molecule has 0 bridgehead atoms. The Morgan fingerprint density at radius 2 is 2.26 bits per heavy atom. The first kappa shape index (κ1) is 13.6. The highest BCUT2D eigenvalue weighted by molar-refractivity contribution is 5.09. The number of aromatic nitrogens is 3. The van der Waals surface area contributed by atoms with Gasteiger partial charge in [0, 0.05) is 19.0 Å². The fourth-order valence-electron chi connectivity index (χ4n) is 1.85. The van der Waals surface area contributed by atoms with Crippen LogP contribution in [0.5, 0.6) is 0 Å². The molecule has 2 heterocycles. The Kier molecular flexibility index (Phi) is 4.57. The average Bonchev–Trinajstić information content (AvgIpc) is 2.82. The summed E-state index contributed by atoms with van der Waals surface area (Å²) in [7, 11) is 0. The second kappa shape index (κ2) is 6.38. The van der Waals surface area contributed by atoms with Crippen LogP contribution in [0.1, 0.15) is 36.8 Å². The lowest BCUT2D eigenvalue weighted by Crippen LogP contribution is -2.24. The van der Waals surface area contributed by atoms with Crippen molar-refractivity contribution in [3.8, 4) is 0 Å². The predicted octanol–water partition coefficient (Wildman–Crippen LogP) is 2.20. The van der Waals surface area contributed by atoms with Gasteiger partial charge in [0.05, 0.1) is 11.9 Å². The maximum Gasteiger partial charge on any atom is 0.227 e. The van der Waals surface area contributed by atoms with Gasteiger partial charge in [-0.3, -0.25) is 4.98 Å². The van der Waals surface area contributed by atoms with E-state index in [1.807, 2.05) is 0 Å². The van der Waals surface area contributed by atoms with Crippen molar-refractivity contribution in [2.45, 2.75) is 32.7 Å². The third-order valence-corrected chi connectivity index (χ3v) is 2.81. The third kappa shape index (κ3) is 3.82. The highest BCUT2D eigenvalue weighted by atomic mass is 19.1. The predicted molar refractivity (Wildman–Crippen MR) is 68.0 cm³/mol. The lowest BCUT2D eigenvalue weighted by Gasteiger charge is -2.15. The molecule has 0 spiro atoms. The molecule has 1 unspecified atom stereocenters. The second-order valence-electron chi connectivity index (χ2n) is 4.30. The fourth-order valence-corrected chi connectivity index (χ4v) is 1.85. The summed E-state index contributed by atoms with van der Waals surface area (Å²) in [4.78, 5) is 8.23. The minimum absolute atomic E-state index is 0.101. The summed E-state index contributed by atoms with van der Waals surface area (Å²) in [5, 5.41) is 7.08. The molecule has 5 nitrogen and oxygen atoms in total. The summed E-state index contributed by atoms with van der Waals surface area (Å²) >= 11 is 0. The number of halogens is 1. The monoisotopic (exact) mass is 264 g/mol. The molecule has 0 aliphatic heterocycles. The standard InChI is InChI=1S/C13H17FN4O/c1-3-11(12-5-4-10(14)8-16-12)15-7-6-13-17-9(2)18-19-13/h4-5,8,11,15H,3,6-7H2,1-2H3. The van der Waals surface area contributed by atoms with Gasteiger partial charge in [-0.15, -0.1) is 0 Å². The largest absolute Gasteiger partial charge is 0.339 e. The van der Waals surface area contributed by atoms with Crippen LogP contribution in [0, 0.1) is 12.7 Å². The van der Waals surface area contributed by atoms with Crippen molar-refractivity contribution < 1.29 is 8.91 Å². The van der Waals surface area contributed by atoms with Gasteiger partial charge in [-0.1, -0.05) is 12.1 Å². The third-order valence-electron chi connectivity index (χ3n) is 2.81. The Morgan fingerprint density at radius 1 is 1.42 bits per heavy atom. The summed E-state index contributed by atoms with van der Waals surface area (Å²) in [5.74, 6) is 0.939. The number of hydrogen-bond donors (Lipinski definition) is 1. The Hall–Kier alpha value is -1.82. The number of hydrogen-bond acceptors (Lipinski definition) is 5. The molecule has 2 aromatic rings. The Balaban J connectivity index is 1.87. The van der Waals surface area contributed by atoms with Gasteiger partial charge in [0.15, 0.2) is 5.82 Å². The molecular formula is C13H17FN4O. The van der Waals surface area contributed by atoms with Crippen LogP contribution in [0.3, 0.4) is 0 Å². The van der Waals surface area contributed by atoms with E-state index in [1.165, 1.54) is 12.3 Å². The number of nitrogens with one attached hydrogen (secondary N) is 1. The van der Waals surface area contributed by atoms with E-state index in [9.17, 15) is 4.39 Å². The number of pyridine rings is 1. The highest BCUT2D eigenvalue weighted by Crippen LogP contribution is 2.14. The van der Waals surface area contributed by atoms with Gasteiger partial charge in [0.25, 0.3) is 0 Å². The van der Waals surface area contributed by atoms with Crippen LogP contribution in [-0.2, 0) is 6.42 Å². The van der Waals surface area contributed by atoms with Crippen molar-refractivity contribution >= 4 is 0 Å². The van der Waals surface area contributed by atoms with E-state index in [0.717, 1.165) is 12.1 Å². The Morgan fingerprint density at radius 3 is 2.84 bits per heavy atom. The molecule has 0 fully saturated rings. The molecular weight excluding hydrogens is 247 g/mol. The minimum Gasteiger partial charge on any atom is -0.339 e. The van der Waals surface area contributed by atoms with Crippen molar-refractivity contribution in [1.29, 1.82) is 0 Å². The lowest BCUT2D eigenvalue weighted by atomic mass is 10.1. The van der Waals surface area contributed by atoms with Crippen molar-refractivity contribution in [1.82, 2.24) is 20.4 Å². The molecule has 102 valence electrons. The maximum atomic E-state index is 12.8. The van der Waals surface area contributed by atoms with Gasteiger partial charge < -0.3 is 9.84 Å². The van der Waals surface area contributed by atoms with Crippen LogP contribution >= 0.6 is 0 Å². The van der Waals surface area contributed by atoms with Crippen molar-refractivity contribution in [2.75, 3.05) is 6.54 Å². The van der Waals surface area contributed by atoms with Crippen LogP contribution in [0.4, 0.5) is 4.39 Å². The van der Waals surface area contributed by atoms with Gasteiger partial charge in [-0.25, -0.2) is 4.39 Å². The minimum atomic E-state index is -0.320. The smallest absolute Gasteiger partial charge is 0.227 e. The zero-order valence-corrected chi connectivity index (χ0v) is 11.1. The molecule has 0 aliphatic carbocycles. The van der Waals surface area contributed by atoms with E-state index >= 15 is 0 Å². The first-order valence-corrected chi connectivity index (χ1v) is 6.33. The Bertz CT molecular complexity index is 512. The van der Waals surface area contributed by atoms with Crippen molar-refractivity contribution in [2.24, 2.45) is 0 Å². The van der Waals surface area contributed by atoms with Gasteiger partial charge >= 0.3 is 0 Å².